The summed E-state index contributed by atoms with van der Waals surface area (Å²) >= 11 is 0. The highest BCUT2D eigenvalue weighted by atomic mass is 16.5. The predicted molar refractivity (Wildman–Crippen MR) is 122 cm³/mol. The van der Waals surface area contributed by atoms with E-state index in [0.717, 1.165) is 0 Å². The molecule has 36 heavy (non-hydrogen) atoms. The summed E-state index contributed by atoms with van der Waals surface area (Å²) in [6, 6.07) is 3.00. The molecule has 4 N–H and O–H groups in total. The van der Waals surface area contributed by atoms with Gasteiger partial charge in [0.05, 0.1) is 23.4 Å². The van der Waals surface area contributed by atoms with Gasteiger partial charge in [-0.1, -0.05) is 26.0 Å². The first-order valence-corrected chi connectivity index (χ1v) is 11.7. The van der Waals surface area contributed by atoms with Crippen molar-refractivity contribution in [2.24, 2.45) is 29.4 Å². The molecule has 1 aromatic rings. The zero-order valence-corrected chi connectivity index (χ0v) is 20.3. The second-order valence-corrected chi connectivity index (χ2v) is 9.92. The predicted octanol–water partition coefficient (Wildman–Crippen LogP) is -0.640. The largest absolute Gasteiger partial charge is 0.507 e. The number of nitrogens with zero attached hydrogens (tertiary/aromatic N) is 1. The van der Waals surface area contributed by atoms with Crippen LogP contribution in [0.5, 0.6) is 5.75 Å². The number of ketones is 4. The van der Waals surface area contributed by atoms with E-state index in [1.165, 1.54) is 38.1 Å². The number of aliphatic hydroxyl groups is 1. The number of carbonyl (C=O) groups excluding carboxylic acids is 6. The van der Waals surface area contributed by atoms with Crippen LogP contribution in [-0.4, -0.2) is 82.0 Å². The van der Waals surface area contributed by atoms with E-state index in [1.54, 1.807) is 13.0 Å². The van der Waals surface area contributed by atoms with E-state index < -0.39 is 82.3 Å². The molecule has 1 amide bonds. The van der Waals surface area contributed by atoms with Gasteiger partial charge in [0.15, 0.2) is 34.7 Å². The number of rotatable bonds is 4. The number of hydrogen-bond acceptors (Lipinski definition) is 10. The summed E-state index contributed by atoms with van der Waals surface area (Å²) in [7, 11) is 2.91. The molecule has 0 heterocycles. The fourth-order valence-corrected chi connectivity index (χ4v) is 6.30. The quantitative estimate of drug-likeness (QED) is 0.355. The molecule has 3 aliphatic rings. The Bertz CT molecular complexity index is 1210. The normalized spacial score (nSPS) is 35.7. The Balaban J connectivity index is 2.03. The summed E-state index contributed by atoms with van der Waals surface area (Å²) in [6.07, 6.45) is -1.51. The molecular formula is C25H28N2O9. The number of likely N-dealkylation sites (N-methyl/N-ethyl adjacent to an activating group) is 1. The zero-order chi connectivity index (χ0) is 26.9. The second-order valence-electron chi connectivity index (χ2n) is 9.92. The van der Waals surface area contributed by atoms with Gasteiger partial charge in [-0.25, -0.2) is 0 Å². The van der Waals surface area contributed by atoms with Crippen LogP contribution in [0.3, 0.4) is 0 Å². The number of Topliss-reactive ketones (excluding diaryl/α,β-unsaturated/α-hetero) is 4. The second kappa shape index (κ2) is 8.59. The maximum Gasteiger partial charge on any atom is 0.305 e. The molecule has 0 bridgehead atoms. The molecule has 11 nitrogen and oxygen atoms in total. The Labute approximate surface area is 206 Å². The highest BCUT2D eigenvalue weighted by molar-refractivity contribution is 6.32. The van der Waals surface area contributed by atoms with Gasteiger partial charge in [-0.3, -0.25) is 33.7 Å². The number of hydrogen-bond donors (Lipinski definition) is 3. The number of benzene rings is 1. The third kappa shape index (κ3) is 3.26. The number of phenolic OH excluding ortho intramolecular Hbond substituents is 1. The average Bonchev–Trinajstić information content (AvgIpc) is 2.80. The van der Waals surface area contributed by atoms with Crippen LogP contribution in [0.1, 0.15) is 42.1 Å². The minimum Gasteiger partial charge on any atom is -0.507 e. The van der Waals surface area contributed by atoms with E-state index in [2.05, 4.69) is 0 Å². The lowest BCUT2D eigenvalue weighted by Gasteiger charge is -2.56. The molecule has 0 aromatic heterocycles. The first-order chi connectivity index (χ1) is 16.8. The molecule has 0 spiro atoms. The fraction of sp³-hybridized carbons (Fsp3) is 0.520. The Morgan fingerprint density at radius 1 is 1.14 bits per heavy atom. The molecule has 0 radical (unpaired) electrons. The summed E-state index contributed by atoms with van der Waals surface area (Å²) < 4.78 is 5.72. The van der Waals surface area contributed by atoms with Crippen molar-refractivity contribution in [1.29, 1.82) is 0 Å². The standard InChI is InChI=1S/C25H28N2O9/c1-5-12(29)36-21-13-9(2)10-7-6-8-11(28)14(10)19(30)15(13)22(32)25(35)17(21)18(27(3)4)20(31)16(23(25)33)24(26)34/h6-9,13,15-18,21,28,35H,5H2,1-4H3,(H2,26,34)/t9-,13+,15?,16?,17+,18-,21-,25-/m0/s1. The van der Waals surface area contributed by atoms with Gasteiger partial charge < -0.3 is 20.7 Å². The molecule has 4 rings (SSSR count). The molecule has 2 unspecified atom stereocenters. The van der Waals surface area contributed by atoms with Crippen LogP contribution < -0.4 is 5.73 Å². The topological polar surface area (TPSA) is 181 Å². The lowest BCUT2D eigenvalue weighted by molar-refractivity contribution is -0.205. The van der Waals surface area contributed by atoms with Gasteiger partial charge >= 0.3 is 5.97 Å². The maximum absolute atomic E-state index is 14.0. The first kappa shape index (κ1) is 25.6. The Kier molecular flexibility index (Phi) is 6.12. The fourth-order valence-electron chi connectivity index (χ4n) is 6.30. The van der Waals surface area contributed by atoms with Crippen LogP contribution in [0.2, 0.25) is 0 Å². The number of amides is 1. The molecule has 2 fully saturated rings. The van der Waals surface area contributed by atoms with E-state index in [1.807, 2.05) is 0 Å². The number of esters is 1. The van der Waals surface area contributed by atoms with Crippen molar-refractivity contribution in [3.8, 4) is 5.75 Å². The molecule has 8 atom stereocenters. The number of fused-ring (bicyclic) bond motifs is 3. The molecule has 0 saturated heterocycles. The lowest BCUT2D eigenvalue weighted by Crippen LogP contribution is -2.78. The van der Waals surface area contributed by atoms with Crippen LogP contribution in [0, 0.1) is 23.7 Å². The minimum absolute atomic E-state index is 0.0921. The summed E-state index contributed by atoms with van der Waals surface area (Å²) in [6.45, 7) is 3.20. The smallest absolute Gasteiger partial charge is 0.305 e. The van der Waals surface area contributed by atoms with Gasteiger partial charge in [0, 0.05) is 12.3 Å². The molecule has 11 heteroatoms. The van der Waals surface area contributed by atoms with Crippen molar-refractivity contribution in [2.45, 2.75) is 43.9 Å². The minimum atomic E-state index is -3.01. The summed E-state index contributed by atoms with van der Waals surface area (Å²) in [5, 5.41) is 22.2. The third-order valence-electron chi connectivity index (χ3n) is 7.88. The average molecular weight is 501 g/mol. The van der Waals surface area contributed by atoms with Gasteiger partial charge in [0.2, 0.25) is 5.91 Å². The summed E-state index contributed by atoms with van der Waals surface area (Å²) in [4.78, 5) is 80.4. The Morgan fingerprint density at radius 2 is 1.78 bits per heavy atom. The van der Waals surface area contributed by atoms with Crippen molar-refractivity contribution < 1.29 is 43.7 Å². The Hall–Kier alpha value is -3.44. The van der Waals surface area contributed by atoms with Gasteiger partial charge in [-0.15, -0.1) is 0 Å². The van der Waals surface area contributed by atoms with Crippen LogP contribution in [-0.2, 0) is 28.7 Å². The molecular weight excluding hydrogens is 472 g/mol. The Morgan fingerprint density at radius 3 is 2.33 bits per heavy atom. The number of phenols is 1. The van der Waals surface area contributed by atoms with E-state index in [-0.39, 0.29) is 17.7 Å². The van der Waals surface area contributed by atoms with Crippen molar-refractivity contribution in [3.63, 3.8) is 0 Å². The van der Waals surface area contributed by atoms with Gasteiger partial charge in [0.1, 0.15) is 11.9 Å². The van der Waals surface area contributed by atoms with Crippen molar-refractivity contribution in [1.82, 2.24) is 4.90 Å². The highest BCUT2D eigenvalue weighted by Gasteiger charge is 2.74. The maximum atomic E-state index is 14.0. The molecule has 2 saturated carbocycles. The summed E-state index contributed by atoms with van der Waals surface area (Å²) in [5.41, 5.74) is 2.59. The number of ether oxygens (including phenoxy) is 1. The van der Waals surface area contributed by atoms with Crippen LogP contribution in [0.15, 0.2) is 18.2 Å². The van der Waals surface area contributed by atoms with Crippen LogP contribution in [0.4, 0.5) is 0 Å². The van der Waals surface area contributed by atoms with Crippen molar-refractivity contribution >= 4 is 35.0 Å². The van der Waals surface area contributed by atoms with Gasteiger partial charge in [-0.05, 0) is 31.6 Å². The number of nitrogens with two attached hydrogens (primary N) is 1. The van der Waals surface area contributed by atoms with E-state index >= 15 is 0 Å². The van der Waals surface area contributed by atoms with Gasteiger partial charge in [-0.2, -0.15) is 0 Å². The highest BCUT2D eigenvalue weighted by Crippen LogP contribution is 2.55. The lowest BCUT2D eigenvalue weighted by atomic mass is 9.49. The molecule has 0 aliphatic heterocycles. The van der Waals surface area contributed by atoms with E-state index in [0.29, 0.717) is 5.56 Å². The SMILES string of the molecule is CCC(=O)O[C@H]1[C@H]2C(C(=O)c3c(O)cccc3[C@@H]2C)C(=O)[C@]2(O)C(=O)C(C(N)=O)C(=O)[C@@H](N(C)C)[C@H]12. The zero-order valence-electron chi connectivity index (χ0n) is 20.3. The van der Waals surface area contributed by atoms with Crippen LogP contribution >= 0.6 is 0 Å². The molecule has 1 aromatic carbocycles. The van der Waals surface area contributed by atoms with Crippen molar-refractivity contribution in [2.75, 3.05) is 14.1 Å². The van der Waals surface area contributed by atoms with E-state index in [4.69, 9.17) is 10.5 Å². The number of primary amides is 1. The van der Waals surface area contributed by atoms with Crippen LogP contribution in [0.25, 0.3) is 0 Å². The first-order valence-electron chi connectivity index (χ1n) is 11.7. The number of carbonyl (C=O) groups is 6. The molecule has 3 aliphatic carbocycles. The molecule has 192 valence electrons. The third-order valence-corrected chi connectivity index (χ3v) is 7.88. The number of aromatic hydroxyl groups is 1. The van der Waals surface area contributed by atoms with Gasteiger partial charge in [0.25, 0.3) is 0 Å². The monoisotopic (exact) mass is 500 g/mol. The summed E-state index contributed by atoms with van der Waals surface area (Å²) in [5.74, 6) is -14.0. The van der Waals surface area contributed by atoms with E-state index in [9.17, 15) is 39.0 Å². The van der Waals surface area contributed by atoms with Crippen molar-refractivity contribution in [3.05, 3.63) is 29.3 Å².